The summed E-state index contributed by atoms with van der Waals surface area (Å²) in [4.78, 5) is 17.4. The topological polar surface area (TPSA) is 60.9 Å². The first kappa shape index (κ1) is 17.5. The number of hydrogen-bond acceptors (Lipinski definition) is 2. The third-order valence-corrected chi connectivity index (χ3v) is 6.12. The minimum absolute atomic E-state index is 0.145. The molecule has 138 valence electrons. The van der Waals surface area contributed by atoms with E-state index in [1.165, 1.54) is 0 Å². The van der Waals surface area contributed by atoms with Crippen LogP contribution >= 0.6 is 0 Å². The fraction of sp³-hybridized carbons (Fsp3) is 0.304. The summed E-state index contributed by atoms with van der Waals surface area (Å²) in [5.74, 6) is 0.893. The minimum Gasteiger partial charge on any atom is -0.369 e. The van der Waals surface area contributed by atoms with Crippen LogP contribution in [-0.4, -0.2) is 15.5 Å². The molecule has 1 heterocycles. The van der Waals surface area contributed by atoms with Crippen molar-refractivity contribution in [2.24, 2.45) is 11.7 Å². The summed E-state index contributed by atoms with van der Waals surface area (Å²) in [6, 6.07) is 20.4. The number of nitrogens with zero attached hydrogens (tertiary/aromatic N) is 2. The van der Waals surface area contributed by atoms with Crippen LogP contribution in [0.5, 0.6) is 0 Å². The lowest BCUT2D eigenvalue weighted by Gasteiger charge is -2.37. The number of nitrogens with two attached hydrogens (primary N) is 1. The number of hydrogen-bond donors (Lipinski definition) is 1. The molecule has 1 aromatic heterocycles. The molecule has 4 heteroatoms. The van der Waals surface area contributed by atoms with Gasteiger partial charge in [-0.05, 0) is 43.2 Å². The van der Waals surface area contributed by atoms with Gasteiger partial charge in [0.1, 0.15) is 11.2 Å². The third-order valence-electron chi connectivity index (χ3n) is 6.12. The number of aryl methyl sites for hydroxylation is 1. The second-order valence-corrected chi connectivity index (χ2v) is 7.45. The molecule has 1 amide bonds. The fourth-order valence-electron chi connectivity index (χ4n) is 4.90. The molecule has 2 N–H and O–H groups in total. The number of primary amides is 1. The summed E-state index contributed by atoms with van der Waals surface area (Å²) in [5, 5.41) is 0. The summed E-state index contributed by atoms with van der Waals surface area (Å²) in [7, 11) is 0. The molecule has 4 nitrogen and oxygen atoms in total. The van der Waals surface area contributed by atoms with E-state index in [0.717, 1.165) is 36.2 Å². The summed E-state index contributed by atoms with van der Waals surface area (Å²) < 4.78 is 2.24. The van der Waals surface area contributed by atoms with E-state index in [1.54, 1.807) is 0 Å². The molecule has 0 unspecified atom stereocenters. The lowest BCUT2D eigenvalue weighted by Crippen LogP contribution is -2.47. The summed E-state index contributed by atoms with van der Waals surface area (Å²) >= 11 is 0. The van der Waals surface area contributed by atoms with Crippen LogP contribution in [0.15, 0.2) is 73.1 Å². The van der Waals surface area contributed by atoms with Crippen LogP contribution in [0.3, 0.4) is 0 Å². The first-order valence-corrected chi connectivity index (χ1v) is 9.54. The Morgan fingerprint density at radius 1 is 1.04 bits per heavy atom. The number of imidazole rings is 1. The molecule has 0 radical (unpaired) electrons. The molecule has 4 rings (SSSR count). The monoisotopic (exact) mass is 359 g/mol. The maximum Gasteiger partial charge on any atom is 0.232 e. The summed E-state index contributed by atoms with van der Waals surface area (Å²) in [5.41, 5.74) is 7.30. The van der Waals surface area contributed by atoms with Gasteiger partial charge in [0.15, 0.2) is 0 Å². The Hall–Kier alpha value is -2.88. The molecular formula is C23H25N3O. The highest BCUT2D eigenvalue weighted by Gasteiger charge is 2.50. The molecule has 2 aromatic carbocycles. The van der Waals surface area contributed by atoms with Crippen LogP contribution in [-0.2, 0) is 10.2 Å². The Labute approximate surface area is 160 Å². The number of amides is 1. The van der Waals surface area contributed by atoms with E-state index in [0.29, 0.717) is 6.04 Å². The predicted octanol–water partition coefficient (Wildman–Crippen LogP) is 4.00. The van der Waals surface area contributed by atoms with Crippen LogP contribution in [0.25, 0.3) is 0 Å². The van der Waals surface area contributed by atoms with Crippen molar-refractivity contribution in [2.75, 3.05) is 0 Å². The van der Waals surface area contributed by atoms with Crippen LogP contribution in [0.2, 0.25) is 0 Å². The molecule has 1 aliphatic carbocycles. The van der Waals surface area contributed by atoms with Crippen molar-refractivity contribution in [1.29, 1.82) is 0 Å². The quantitative estimate of drug-likeness (QED) is 0.748. The summed E-state index contributed by atoms with van der Waals surface area (Å²) in [6.07, 6.45) is 6.77. The van der Waals surface area contributed by atoms with Crippen LogP contribution in [0, 0.1) is 12.8 Å². The van der Waals surface area contributed by atoms with Gasteiger partial charge in [0.25, 0.3) is 0 Å². The number of rotatable bonds is 5. The number of benzene rings is 2. The van der Waals surface area contributed by atoms with Gasteiger partial charge in [0, 0.05) is 18.4 Å². The maximum atomic E-state index is 13.1. The molecule has 2 atom stereocenters. The largest absolute Gasteiger partial charge is 0.369 e. The Morgan fingerprint density at radius 2 is 1.63 bits per heavy atom. The maximum absolute atomic E-state index is 13.1. The van der Waals surface area contributed by atoms with Crippen LogP contribution in [0.1, 0.15) is 42.3 Å². The van der Waals surface area contributed by atoms with E-state index < -0.39 is 5.41 Å². The molecule has 0 spiro atoms. The average Bonchev–Trinajstić information content (AvgIpc) is 3.33. The lowest BCUT2D eigenvalue weighted by molar-refractivity contribution is -0.123. The molecule has 1 aliphatic rings. The fourth-order valence-corrected chi connectivity index (χ4v) is 4.90. The highest BCUT2D eigenvalue weighted by molar-refractivity contribution is 5.91. The van der Waals surface area contributed by atoms with E-state index in [-0.39, 0.29) is 11.8 Å². The van der Waals surface area contributed by atoms with Crippen molar-refractivity contribution < 1.29 is 4.79 Å². The average molecular weight is 359 g/mol. The van der Waals surface area contributed by atoms with E-state index in [4.69, 9.17) is 5.73 Å². The number of carbonyl (C=O) groups is 1. The molecule has 3 aromatic rings. The van der Waals surface area contributed by atoms with Crippen molar-refractivity contribution in [3.8, 4) is 0 Å². The standard InChI is InChI=1S/C23H25N3O/c1-17-25-14-15-26(17)21-13-12-20(16-21)23(22(24)27,18-8-4-2-5-9-18)19-10-6-3-7-11-19/h2-11,14-15,20-21H,12-13,16H2,1H3,(H2,24,27)/t20-,21-/m1/s1. The van der Waals surface area contributed by atoms with E-state index in [2.05, 4.69) is 9.55 Å². The van der Waals surface area contributed by atoms with Gasteiger partial charge in [0.2, 0.25) is 5.91 Å². The molecular weight excluding hydrogens is 334 g/mol. The van der Waals surface area contributed by atoms with Crippen molar-refractivity contribution in [3.05, 3.63) is 90.0 Å². The number of aromatic nitrogens is 2. The molecule has 1 saturated carbocycles. The van der Waals surface area contributed by atoms with Crippen molar-refractivity contribution in [3.63, 3.8) is 0 Å². The minimum atomic E-state index is -0.814. The summed E-state index contributed by atoms with van der Waals surface area (Å²) in [6.45, 7) is 2.03. The molecule has 27 heavy (non-hydrogen) atoms. The van der Waals surface area contributed by atoms with Gasteiger partial charge < -0.3 is 10.3 Å². The Kier molecular flexibility index (Phi) is 4.56. The molecule has 0 aliphatic heterocycles. The van der Waals surface area contributed by atoms with Gasteiger partial charge in [-0.25, -0.2) is 4.98 Å². The lowest BCUT2D eigenvalue weighted by atomic mass is 9.64. The van der Waals surface area contributed by atoms with Gasteiger partial charge >= 0.3 is 0 Å². The molecule has 0 bridgehead atoms. The molecule has 1 fully saturated rings. The highest BCUT2D eigenvalue weighted by atomic mass is 16.1. The van der Waals surface area contributed by atoms with E-state index >= 15 is 0 Å². The van der Waals surface area contributed by atoms with Gasteiger partial charge in [0.05, 0.1) is 0 Å². The van der Waals surface area contributed by atoms with Gasteiger partial charge in [-0.15, -0.1) is 0 Å². The SMILES string of the molecule is Cc1nccn1[C@@H]1CC[C@@H](C(C(N)=O)(c2ccccc2)c2ccccc2)C1. The van der Waals surface area contributed by atoms with Crippen molar-refractivity contribution in [2.45, 2.75) is 37.6 Å². The molecule has 0 saturated heterocycles. The highest BCUT2D eigenvalue weighted by Crippen LogP contribution is 2.49. The Bertz CT molecular complexity index is 878. The van der Waals surface area contributed by atoms with Crippen molar-refractivity contribution >= 4 is 5.91 Å². The van der Waals surface area contributed by atoms with Crippen molar-refractivity contribution in [1.82, 2.24) is 9.55 Å². The first-order chi connectivity index (χ1) is 13.1. The van der Waals surface area contributed by atoms with Gasteiger partial charge in [-0.1, -0.05) is 60.7 Å². The van der Waals surface area contributed by atoms with Gasteiger partial charge in [-0.3, -0.25) is 4.79 Å². The van der Waals surface area contributed by atoms with Gasteiger partial charge in [-0.2, -0.15) is 0 Å². The van der Waals surface area contributed by atoms with E-state index in [9.17, 15) is 4.79 Å². The first-order valence-electron chi connectivity index (χ1n) is 9.54. The zero-order valence-corrected chi connectivity index (χ0v) is 15.6. The zero-order chi connectivity index (χ0) is 18.9. The zero-order valence-electron chi connectivity index (χ0n) is 15.6. The Balaban J connectivity index is 1.82. The second kappa shape index (κ2) is 7.03. The van der Waals surface area contributed by atoms with E-state index in [1.807, 2.05) is 80.0 Å². The third kappa shape index (κ3) is 2.85. The normalized spacial score (nSPS) is 19.9. The Morgan fingerprint density at radius 3 is 2.11 bits per heavy atom. The smallest absolute Gasteiger partial charge is 0.232 e. The van der Waals surface area contributed by atoms with Crippen LogP contribution < -0.4 is 5.73 Å². The number of carbonyl (C=O) groups excluding carboxylic acids is 1. The predicted molar refractivity (Wildman–Crippen MR) is 106 cm³/mol. The second-order valence-electron chi connectivity index (χ2n) is 7.45. The van der Waals surface area contributed by atoms with Crippen LogP contribution in [0.4, 0.5) is 0 Å².